The molecule has 0 saturated heterocycles. The summed E-state index contributed by atoms with van der Waals surface area (Å²) in [7, 11) is -2.51. The maximum atomic E-state index is 14.1. The van der Waals surface area contributed by atoms with Crippen LogP contribution in [0.3, 0.4) is 0 Å². The van der Waals surface area contributed by atoms with Crippen molar-refractivity contribution in [2.24, 2.45) is 0 Å². The van der Waals surface area contributed by atoms with Gasteiger partial charge in [0.1, 0.15) is 18.3 Å². The zero-order chi connectivity index (χ0) is 29.3. The Morgan fingerprint density at radius 3 is 2.10 bits per heavy atom. The van der Waals surface area contributed by atoms with Crippen LogP contribution in [0.5, 0.6) is 5.75 Å². The van der Waals surface area contributed by atoms with Crippen molar-refractivity contribution >= 4 is 50.1 Å². The van der Waals surface area contributed by atoms with Crippen molar-refractivity contribution in [1.82, 2.24) is 10.2 Å². The van der Waals surface area contributed by atoms with Crippen molar-refractivity contribution in [1.29, 1.82) is 0 Å². The second kappa shape index (κ2) is 14.5. The van der Waals surface area contributed by atoms with Gasteiger partial charge in [0.15, 0.2) is 0 Å². The quantitative estimate of drug-likeness (QED) is 0.251. The number of benzene rings is 3. The van der Waals surface area contributed by atoms with Crippen LogP contribution in [0.25, 0.3) is 0 Å². The van der Waals surface area contributed by atoms with Crippen molar-refractivity contribution in [2.75, 3.05) is 18.0 Å². The van der Waals surface area contributed by atoms with E-state index in [4.69, 9.17) is 4.74 Å². The molecular formula is C30H36IN3O5S. The summed E-state index contributed by atoms with van der Waals surface area (Å²) in [5, 5.41) is 2.98. The number of carbonyl (C=O) groups is 2. The number of hydrogen-bond acceptors (Lipinski definition) is 5. The summed E-state index contributed by atoms with van der Waals surface area (Å²) in [6.45, 7) is 5.37. The van der Waals surface area contributed by atoms with E-state index in [2.05, 4.69) is 27.9 Å². The summed E-state index contributed by atoms with van der Waals surface area (Å²) >= 11 is 2.14. The lowest BCUT2D eigenvalue weighted by molar-refractivity contribution is -0.140. The van der Waals surface area contributed by atoms with E-state index in [9.17, 15) is 18.0 Å². The Morgan fingerprint density at radius 2 is 1.55 bits per heavy atom. The minimum absolute atomic E-state index is 0.0683. The molecular weight excluding hydrogens is 641 g/mol. The number of nitrogens with zero attached hydrogens (tertiary/aromatic N) is 2. The molecule has 3 rings (SSSR count). The van der Waals surface area contributed by atoms with E-state index < -0.39 is 28.5 Å². The van der Waals surface area contributed by atoms with Gasteiger partial charge in [0.05, 0.1) is 17.7 Å². The van der Waals surface area contributed by atoms with E-state index in [1.54, 1.807) is 61.7 Å². The van der Waals surface area contributed by atoms with Crippen LogP contribution in [0, 0.1) is 3.57 Å². The molecule has 0 saturated carbocycles. The van der Waals surface area contributed by atoms with E-state index in [1.165, 1.54) is 17.0 Å². The molecule has 214 valence electrons. The van der Waals surface area contributed by atoms with Crippen LogP contribution in [0.15, 0.2) is 83.8 Å². The number of nitrogens with one attached hydrogen (secondary N) is 1. The highest BCUT2D eigenvalue weighted by Crippen LogP contribution is 2.26. The molecule has 0 aliphatic heterocycles. The Labute approximate surface area is 250 Å². The average Bonchev–Trinajstić information content (AvgIpc) is 2.96. The summed E-state index contributed by atoms with van der Waals surface area (Å²) in [6, 6.07) is 21.3. The first-order chi connectivity index (χ1) is 19.1. The fourth-order valence-electron chi connectivity index (χ4n) is 4.14. The molecule has 0 unspecified atom stereocenters. The molecule has 0 spiro atoms. The molecule has 0 heterocycles. The Morgan fingerprint density at radius 1 is 0.925 bits per heavy atom. The van der Waals surface area contributed by atoms with Gasteiger partial charge < -0.3 is 15.0 Å². The molecule has 10 heteroatoms. The molecule has 0 aliphatic carbocycles. The molecule has 1 N–H and O–H groups in total. The van der Waals surface area contributed by atoms with Crippen molar-refractivity contribution < 1.29 is 22.7 Å². The minimum Gasteiger partial charge on any atom is -0.497 e. The fourth-order valence-corrected chi connectivity index (χ4v) is 5.94. The van der Waals surface area contributed by atoms with Gasteiger partial charge in [-0.05, 0) is 96.5 Å². The van der Waals surface area contributed by atoms with Gasteiger partial charge in [-0.15, -0.1) is 0 Å². The summed E-state index contributed by atoms with van der Waals surface area (Å²) in [5.74, 6) is -0.0903. The topological polar surface area (TPSA) is 96.0 Å². The van der Waals surface area contributed by atoms with E-state index >= 15 is 0 Å². The monoisotopic (exact) mass is 677 g/mol. The van der Waals surface area contributed by atoms with E-state index in [-0.39, 0.29) is 23.4 Å². The molecule has 3 aromatic rings. The molecule has 0 radical (unpaired) electrons. The Bertz CT molecular complexity index is 1370. The van der Waals surface area contributed by atoms with Crippen LogP contribution in [0.2, 0.25) is 0 Å². The molecule has 3 aromatic carbocycles. The van der Waals surface area contributed by atoms with Gasteiger partial charge in [-0.2, -0.15) is 0 Å². The second-order valence-corrected chi connectivity index (χ2v) is 12.5. The summed E-state index contributed by atoms with van der Waals surface area (Å²) in [6.07, 6.45) is 1.10. The number of amides is 2. The number of halogens is 1. The van der Waals surface area contributed by atoms with Gasteiger partial charge in [-0.25, -0.2) is 8.42 Å². The lowest BCUT2D eigenvalue weighted by atomic mass is 10.1. The van der Waals surface area contributed by atoms with Gasteiger partial charge in [-0.1, -0.05) is 44.2 Å². The zero-order valence-electron chi connectivity index (χ0n) is 23.2. The second-order valence-electron chi connectivity index (χ2n) is 9.41. The average molecular weight is 678 g/mol. The molecule has 40 heavy (non-hydrogen) atoms. The van der Waals surface area contributed by atoms with E-state index in [1.807, 2.05) is 32.9 Å². The van der Waals surface area contributed by atoms with Gasteiger partial charge in [0.2, 0.25) is 11.8 Å². The van der Waals surface area contributed by atoms with Crippen molar-refractivity contribution in [3.63, 3.8) is 0 Å². The third kappa shape index (κ3) is 7.97. The first kappa shape index (κ1) is 31.4. The van der Waals surface area contributed by atoms with Crippen LogP contribution in [0.1, 0.15) is 39.2 Å². The summed E-state index contributed by atoms with van der Waals surface area (Å²) in [5.41, 5.74) is 1.15. The largest absolute Gasteiger partial charge is 0.497 e. The van der Waals surface area contributed by atoms with Crippen molar-refractivity contribution in [2.45, 2.75) is 57.1 Å². The third-order valence-corrected chi connectivity index (χ3v) is 9.13. The normalized spacial score (nSPS) is 12.7. The lowest BCUT2D eigenvalue weighted by Crippen LogP contribution is -2.53. The van der Waals surface area contributed by atoms with Crippen LogP contribution in [-0.4, -0.2) is 50.9 Å². The van der Waals surface area contributed by atoms with E-state index in [0.717, 1.165) is 19.9 Å². The molecule has 0 fully saturated rings. The Kier molecular flexibility index (Phi) is 11.4. The van der Waals surface area contributed by atoms with Gasteiger partial charge >= 0.3 is 0 Å². The van der Waals surface area contributed by atoms with Gasteiger partial charge in [0, 0.05) is 16.2 Å². The van der Waals surface area contributed by atoms with Crippen LogP contribution >= 0.6 is 22.6 Å². The van der Waals surface area contributed by atoms with Gasteiger partial charge in [0.25, 0.3) is 10.0 Å². The standard InChI is InChI=1S/C30H36IN3O5S/c1-5-22(3)32-30(36)28(6-2)33(20-23-12-18-26(39-4)19-13-23)29(35)21-34(25-16-14-24(31)15-17-25)40(37,38)27-10-8-7-9-11-27/h7-19,22,28H,5-6,20-21H2,1-4H3,(H,32,36)/t22-,28+/m0/s1. The predicted octanol–water partition coefficient (Wildman–Crippen LogP) is 5.22. The first-order valence-corrected chi connectivity index (χ1v) is 15.7. The highest BCUT2D eigenvalue weighted by molar-refractivity contribution is 14.1. The van der Waals surface area contributed by atoms with Crippen LogP contribution in [0.4, 0.5) is 5.69 Å². The molecule has 2 atom stereocenters. The van der Waals surface area contributed by atoms with Gasteiger partial charge in [-0.3, -0.25) is 13.9 Å². The number of hydrogen-bond donors (Lipinski definition) is 1. The highest BCUT2D eigenvalue weighted by atomic mass is 127. The lowest BCUT2D eigenvalue weighted by Gasteiger charge is -2.33. The number of sulfonamides is 1. The SMILES string of the molecule is CC[C@H](C(=O)N[C@@H](C)CC)N(Cc1ccc(OC)cc1)C(=O)CN(c1ccc(I)cc1)S(=O)(=O)c1ccccc1. The molecule has 0 bridgehead atoms. The number of methoxy groups -OCH3 is 1. The summed E-state index contributed by atoms with van der Waals surface area (Å²) < 4.78 is 34.9. The Balaban J connectivity index is 2.03. The molecule has 8 nitrogen and oxygen atoms in total. The maximum absolute atomic E-state index is 14.1. The predicted molar refractivity (Wildman–Crippen MR) is 166 cm³/mol. The Hall–Kier alpha value is -3.12. The molecule has 0 aliphatic rings. The molecule has 0 aromatic heterocycles. The summed E-state index contributed by atoms with van der Waals surface area (Å²) in [4.78, 5) is 29.0. The number of carbonyl (C=O) groups excluding carboxylic acids is 2. The highest BCUT2D eigenvalue weighted by Gasteiger charge is 2.34. The number of ether oxygens (including phenoxy) is 1. The zero-order valence-corrected chi connectivity index (χ0v) is 26.2. The maximum Gasteiger partial charge on any atom is 0.264 e. The third-order valence-electron chi connectivity index (χ3n) is 6.62. The van der Waals surface area contributed by atoms with Crippen molar-refractivity contribution in [3.8, 4) is 5.75 Å². The smallest absolute Gasteiger partial charge is 0.264 e. The minimum atomic E-state index is -4.09. The van der Waals surface area contributed by atoms with Crippen LogP contribution < -0.4 is 14.4 Å². The van der Waals surface area contributed by atoms with Crippen molar-refractivity contribution in [3.05, 3.63) is 88.0 Å². The number of rotatable bonds is 13. The van der Waals surface area contributed by atoms with E-state index in [0.29, 0.717) is 17.9 Å². The molecule has 2 amide bonds. The fraction of sp³-hybridized carbons (Fsp3) is 0.333. The number of anilines is 1. The van der Waals surface area contributed by atoms with Crippen LogP contribution in [-0.2, 0) is 26.2 Å². The first-order valence-electron chi connectivity index (χ1n) is 13.2.